The summed E-state index contributed by atoms with van der Waals surface area (Å²) in [6.07, 6.45) is 9.51. The first-order valence-electron chi connectivity index (χ1n) is 18.6. The molecule has 0 atom stereocenters. The molecule has 0 N–H and O–H groups in total. The number of rotatable bonds is 4. The van der Waals surface area contributed by atoms with Crippen molar-refractivity contribution in [3.63, 3.8) is 0 Å². The van der Waals surface area contributed by atoms with E-state index in [0.29, 0.717) is 0 Å². The molecule has 12 rings (SSSR count). The van der Waals surface area contributed by atoms with Crippen molar-refractivity contribution in [3.8, 4) is 0 Å². The van der Waals surface area contributed by atoms with Gasteiger partial charge in [0, 0.05) is 24.3 Å². The summed E-state index contributed by atoms with van der Waals surface area (Å²) < 4.78 is 10.7. The summed E-state index contributed by atoms with van der Waals surface area (Å²) in [7, 11) is 0. The monoisotopic (exact) mass is 680 g/mol. The summed E-state index contributed by atoms with van der Waals surface area (Å²) in [6, 6.07) is 45.6. The second-order valence-electron chi connectivity index (χ2n) is 15.3. The highest BCUT2D eigenvalue weighted by molar-refractivity contribution is 6.29. The molecule has 6 aromatic rings. The highest BCUT2D eigenvalue weighted by atomic mass is 15.6. The van der Waals surface area contributed by atoms with Gasteiger partial charge < -0.3 is 0 Å². The normalized spacial score (nSPS) is 17.8. The number of hydrogen-bond acceptors (Lipinski definition) is 0. The zero-order chi connectivity index (χ0) is 35.3. The molecule has 0 fully saturated rings. The largest absolute Gasteiger partial charge is 0.553 e. The van der Waals surface area contributed by atoms with Crippen LogP contribution in [0, 0.1) is 27.7 Å². The van der Waals surface area contributed by atoms with Gasteiger partial charge in [-0.25, -0.2) is 0 Å². The molecule has 0 radical (unpaired) electrons. The third-order valence-corrected chi connectivity index (χ3v) is 12.0. The van der Waals surface area contributed by atoms with Gasteiger partial charge >= 0.3 is 5.91 Å². The molecule has 1 spiro atoms. The molecule has 53 heavy (non-hydrogen) atoms. The first-order chi connectivity index (χ1) is 25.9. The van der Waals surface area contributed by atoms with Gasteiger partial charge in [-0.2, -0.15) is 9.13 Å². The van der Waals surface area contributed by atoms with Gasteiger partial charge in [0.2, 0.25) is 22.8 Å². The van der Waals surface area contributed by atoms with Gasteiger partial charge in [0.1, 0.15) is 0 Å². The Bertz CT molecular complexity index is 2890. The van der Waals surface area contributed by atoms with Crippen LogP contribution in [0.25, 0.3) is 22.3 Å². The molecule has 6 aliphatic rings. The number of aryl methyl sites for hydroxylation is 4. The van der Waals surface area contributed by atoms with Gasteiger partial charge in [-0.3, -0.25) is 0 Å². The van der Waals surface area contributed by atoms with Crippen molar-refractivity contribution in [1.29, 1.82) is 0 Å². The molecule has 2 aromatic heterocycles. The van der Waals surface area contributed by atoms with E-state index in [4.69, 9.17) is 0 Å². The minimum Gasteiger partial charge on any atom is -0.198 e. The van der Waals surface area contributed by atoms with E-state index in [1.165, 1.54) is 112 Å². The maximum absolute atomic E-state index is 2.67. The summed E-state index contributed by atoms with van der Waals surface area (Å²) in [4.78, 5) is 0. The topological polar surface area (TPSA) is 15.9 Å². The first-order valence-corrected chi connectivity index (χ1v) is 18.6. The maximum Gasteiger partial charge on any atom is 0.553 e. The van der Waals surface area contributed by atoms with Crippen molar-refractivity contribution >= 4 is 33.7 Å². The fraction of sp³-hybridized carbons (Fsp3) is 0.102. The van der Waals surface area contributed by atoms with E-state index < -0.39 is 5.91 Å². The van der Waals surface area contributed by atoms with Crippen molar-refractivity contribution in [2.75, 3.05) is 0 Å². The molecule has 6 aliphatic heterocycles. The summed E-state index contributed by atoms with van der Waals surface area (Å²) in [5.41, 5.74) is 22.3. The van der Waals surface area contributed by atoms with E-state index in [1.807, 2.05) is 0 Å². The van der Waals surface area contributed by atoms with Crippen LogP contribution in [0.1, 0.15) is 55.9 Å². The second kappa shape index (κ2) is 9.87. The number of benzene rings is 4. The van der Waals surface area contributed by atoms with E-state index in [2.05, 4.69) is 192 Å². The molecule has 4 nitrogen and oxygen atoms in total. The van der Waals surface area contributed by atoms with Crippen molar-refractivity contribution in [3.05, 3.63) is 224 Å². The highest BCUT2D eigenvalue weighted by Gasteiger charge is 2.72. The van der Waals surface area contributed by atoms with E-state index in [1.54, 1.807) is 0 Å². The molecule has 0 saturated heterocycles. The quantitative estimate of drug-likeness (QED) is 0.170. The zero-order valence-electron chi connectivity index (χ0n) is 30.1. The van der Waals surface area contributed by atoms with Crippen molar-refractivity contribution < 1.29 is 9.15 Å². The first kappa shape index (κ1) is 29.1. The molecule has 0 saturated carbocycles. The lowest BCUT2D eigenvalue weighted by Gasteiger charge is -2.41. The lowest BCUT2D eigenvalue weighted by Crippen LogP contribution is -2.71. The van der Waals surface area contributed by atoms with Crippen LogP contribution >= 0.6 is 0 Å². The number of nitrogens with zero attached hydrogens (tertiary/aromatic N) is 4. The summed E-state index contributed by atoms with van der Waals surface area (Å²) in [5, 5.41) is 2.45. The Labute approximate surface area is 308 Å². The second-order valence-corrected chi connectivity index (χ2v) is 15.3. The predicted octanol–water partition coefficient (Wildman–Crippen LogP) is 7.66. The van der Waals surface area contributed by atoms with Crippen LogP contribution in [0.4, 0.5) is 0 Å². The number of aromatic nitrogens is 2. The standard InChI is InChI=1S/C49H36N4/c1-29-9-5-13-33(25-29)45-37-17-19-39-46(34-14-6-10-30(2)26-34)41-21-23-43-48(36-16-8-12-32(4)28-36)44-24-22-42-47(35-15-7-11-31(3)27-35)40-20-18-38(45)51(40)49(50(37)39,52(41)43)53(42)44/h5-28H,1-4H3/q+2. The molecule has 4 heteroatoms. The molecular weight excluding hydrogens is 645 g/mol. The van der Waals surface area contributed by atoms with Crippen LogP contribution in [-0.2, 0) is 5.91 Å². The summed E-state index contributed by atoms with van der Waals surface area (Å²) in [6.45, 7) is 8.79. The minimum absolute atomic E-state index is 0.772. The summed E-state index contributed by atoms with van der Waals surface area (Å²) >= 11 is 0. The van der Waals surface area contributed by atoms with E-state index in [0.717, 1.165) is 0 Å². The molecular formula is C49H36N4+2. The fourth-order valence-corrected chi connectivity index (χ4v) is 10.1. The third-order valence-electron chi connectivity index (χ3n) is 12.0. The summed E-state index contributed by atoms with van der Waals surface area (Å²) in [5.74, 6) is -0.772. The predicted molar refractivity (Wildman–Crippen MR) is 212 cm³/mol. The number of hydrogen-bond donors (Lipinski definition) is 0. The van der Waals surface area contributed by atoms with Crippen LogP contribution in [-0.4, -0.2) is 29.7 Å². The Kier molecular flexibility index (Phi) is 5.42. The van der Waals surface area contributed by atoms with Gasteiger partial charge in [-0.1, -0.05) is 128 Å². The van der Waals surface area contributed by atoms with Gasteiger partial charge in [0.15, 0.2) is 0 Å². The Morgan fingerprint density at radius 2 is 0.774 bits per heavy atom. The van der Waals surface area contributed by atoms with E-state index in [9.17, 15) is 0 Å². The lowest BCUT2D eigenvalue weighted by atomic mass is 9.92. The molecule has 0 unspecified atom stereocenters. The smallest absolute Gasteiger partial charge is 0.198 e. The minimum atomic E-state index is -0.772. The van der Waals surface area contributed by atoms with Crippen molar-refractivity contribution in [2.24, 2.45) is 0 Å². The van der Waals surface area contributed by atoms with Crippen molar-refractivity contribution in [1.82, 2.24) is 9.13 Å². The fourth-order valence-electron chi connectivity index (χ4n) is 10.1. The molecule has 8 heterocycles. The SMILES string of the molecule is Cc1cccc(C2=C3C=CC4=[N+]3C35n6c2ccc6C(c2cccc(C)c2)=C2C=CC(=[N+]23)C(c2cccc(C)c2)=c2ccc(n25)=C4c2cccc(C)c2)c1. The maximum atomic E-state index is 2.67. The zero-order valence-corrected chi connectivity index (χ0v) is 30.1. The van der Waals surface area contributed by atoms with Crippen LogP contribution in [0.3, 0.4) is 0 Å². The van der Waals surface area contributed by atoms with E-state index >= 15 is 0 Å². The Balaban J connectivity index is 1.34. The Morgan fingerprint density at radius 1 is 0.396 bits per heavy atom. The average Bonchev–Trinajstić information content (AvgIpc) is 3.97. The van der Waals surface area contributed by atoms with Crippen molar-refractivity contribution in [2.45, 2.75) is 33.6 Å². The van der Waals surface area contributed by atoms with E-state index in [-0.39, 0.29) is 0 Å². The van der Waals surface area contributed by atoms with Gasteiger partial charge in [-0.15, -0.1) is 0 Å². The number of allylic oxidation sites excluding steroid dienone is 4. The van der Waals surface area contributed by atoms with Gasteiger partial charge in [0.25, 0.3) is 0 Å². The Morgan fingerprint density at radius 3 is 1.15 bits per heavy atom. The van der Waals surface area contributed by atoms with Gasteiger partial charge in [-0.05, 0) is 74.2 Å². The molecule has 250 valence electrons. The molecule has 4 aromatic carbocycles. The Hall–Kier alpha value is -6.52. The highest BCUT2D eigenvalue weighted by Crippen LogP contribution is 2.53. The van der Waals surface area contributed by atoms with Crippen LogP contribution < -0.4 is 10.7 Å². The van der Waals surface area contributed by atoms with Crippen LogP contribution in [0.5, 0.6) is 0 Å². The van der Waals surface area contributed by atoms with Gasteiger partial charge in [0.05, 0.1) is 44.4 Å². The molecule has 0 aliphatic carbocycles. The lowest BCUT2D eigenvalue weighted by molar-refractivity contribution is -0.834. The molecule has 0 bridgehead atoms. The average molecular weight is 681 g/mol. The molecule has 0 amide bonds. The van der Waals surface area contributed by atoms with Crippen LogP contribution in [0.15, 0.2) is 157 Å². The third kappa shape index (κ3) is 3.47. The van der Waals surface area contributed by atoms with Crippen LogP contribution in [0.2, 0.25) is 0 Å².